The van der Waals surface area contributed by atoms with Gasteiger partial charge in [-0.3, -0.25) is 4.99 Å². The predicted molar refractivity (Wildman–Crippen MR) is 117 cm³/mol. The molecule has 0 spiro atoms. The Labute approximate surface area is 171 Å². The number of hydrogen-bond donors (Lipinski definition) is 3. The second-order valence-electron chi connectivity index (χ2n) is 5.78. The monoisotopic (exact) mass is 471 g/mol. The van der Waals surface area contributed by atoms with Crippen LogP contribution in [0.1, 0.15) is 24.0 Å². The summed E-state index contributed by atoms with van der Waals surface area (Å²) in [6, 6.07) is 11.0. The highest BCUT2D eigenvalue weighted by Crippen LogP contribution is 2.08. The maximum absolute atomic E-state index is 13.3. The van der Waals surface area contributed by atoms with Crippen molar-refractivity contribution in [1.82, 2.24) is 15.6 Å². The molecule has 0 bridgehead atoms. The number of aryl methyl sites for hydroxylation is 1. The van der Waals surface area contributed by atoms with Crippen molar-refractivity contribution in [2.75, 3.05) is 25.5 Å². The summed E-state index contributed by atoms with van der Waals surface area (Å²) in [5.41, 5.74) is 1.68. The molecular weight excluding hydrogens is 444 g/mol. The molecule has 0 aliphatic rings. The molecule has 0 radical (unpaired) electrons. The van der Waals surface area contributed by atoms with Crippen LogP contribution in [0.15, 0.2) is 47.6 Å². The summed E-state index contributed by atoms with van der Waals surface area (Å²) in [5, 5.41) is 9.81. The highest BCUT2D eigenvalue weighted by molar-refractivity contribution is 14.0. The van der Waals surface area contributed by atoms with Crippen LogP contribution in [0.3, 0.4) is 0 Å². The van der Waals surface area contributed by atoms with Crippen molar-refractivity contribution >= 4 is 35.8 Å². The fourth-order valence-corrected chi connectivity index (χ4v) is 2.36. The van der Waals surface area contributed by atoms with Crippen LogP contribution >= 0.6 is 24.0 Å². The molecule has 0 amide bonds. The quantitative estimate of drug-likeness (QED) is 0.238. The van der Waals surface area contributed by atoms with Gasteiger partial charge in [0.1, 0.15) is 11.6 Å². The SMILES string of the molecule is CN=C(NCCCCNc1ccccn1)NCc1ccc(F)c(C)c1.I. The van der Waals surface area contributed by atoms with E-state index < -0.39 is 0 Å². The Hall–Kier alpha value is -1.90. The molecule has 0 saturated heterocycles. The molecule has 1 aromatic carbocycles. The van der Waals surface area contributed by atoms with Crippen molar-refractivity contribution in [3.63, 3.8) is 0 Å². The number of benzene rings is 1. The molecule has 5 nitrogen and oxygen atoms in total. The topological polar surface area (TPSA) is 61.3 Å². The van der Waals surface area contributed by atoms with Gasteiger partial charge < -0.3 is 16.0 Å². The molecule has 0 atom stereocenters. The summed E-state index contributed by atoms with van der Waals surface area (Å²) < 4.78 is 13.3. The maximum Gasteiger partial charge on any atom is 0.191 e. The van der Waals surface area contributed by atoms with Crippen molar-refractivity contribution < 1.29 is 4.39 Å². The van der Waals surface area contributed by atoms with E-state index in [1.54, 1.807) is 26.2 Å². The van der Waals surface area contributed by atoms with Gasteiger partial charge in [0.15, 0.2) is 5.96 Å². The number of nitrogens with one attached hydrogen (secondary N) is 3. The fourth-order valence-electron chi connectivity index (χ4n) is 2.36. The van der Waals surface area contributed by atoms with Crippen molar-refractivity contribution in [2.24, 2.45) is 4.99 Å². The lowest BCUT2D eigenvalue weighted by Crippen LogP contribution is -2.37. The molecule has 0 aliphatic heterocycles. The maximum atomic E-state index is 13.3. The van der Waals surface area contributed by atoms with Crippen LogP contribution < -0.4 is 16.0 Å². The molecular formula is C19H27FIN5. The number of aromatic nitrogens is 1. The fraction of sp³-hybridized carbons (Fsp3) is 0.368. The Morgan fingerprint density at radius 1 is 1.12 bits per heavy atom. The molecule has 0 aliphatic carbocycles. The van der Waals surface area contributed by atoms with Gasteiger partial charge in [0.2, 0.25) is 0 Å². The third kappa shape index (κ3) is 7.99. The van der Waals surface area contributed by atoms with Crippen LogP contribution in [-0.2, 0) is 6.54 Å². The van der Waals surface area contributed by atoms with Gasteiger partial charge in [0.05, 0.1) is 0 Å². The molecule has 142 valence electrons. The van der Waals surface area contributed by atoms with Crippen molar-refractivity contribution in [2.45, 2.75) is 26.3 Å². The third-order valence-corrected chi connectivity index (χ3v) is 3.77. The largest absolute Gasteiger partial charge is 0.370 e. The van der Waals surface area contributed by atoms with Crippen LogP contribution in [0.5, 0.6) is 0 Å². The number of aliphatic imine (C=N–C) groups is 1. The molecule has 26 heavy (non-hydrogen) atoms. The molecule has 0 fully saturated rings. The van der Waals surface area contributed by atoms with E-state index in [-0.39, 0.29) is 29.8 Å². The highest BCUT2D eigenvalue weighted by Gasteiger charge is 2.01. The normalized spacial score (nSPS) is 10.8. The predicted octanol–water partition coefficient (Wildman–Crippen LogP) is 3.70. The van der Waals surface area contributed by atoms with E-state index >= 15 is 0 Å². The summed E-state index contributed by atoms with van der Waals surface area (Å²) in [6.45, 7) is 4.11. The summed E-state index contributed by atoms with van der Waals surface area (Å²) in [6.07, 6.45) is 3.84. The van der Waals surface area contributed by atoms with Crippen molar-refractivity contribution in [3.05, 3.63) is 59.5 Å². The van der Waals surface area contributed by atoms with E-state index in [9.17, 15) is 4.39 Å². The summed E-state index contributed by atoms with van der Waals surface area (Å²) in [5.74, 6) is 1.48. The first kappa shape index (κ1) is 22.1. The molecule has 1 heterocycles. The number of pyridine rings is 1. The number of hydrogen-bond acceptors (Lipinski definition) is 3. The van der Waals surface area contributed by atoms with Gasteiger partial charge in [-0.25, -0.2) is 9.37 Å². The number of halogens is 2. The molecule has 2 rings (SSSR count). The Balaban J connectivity index is 0.00000338. The van der Waals surface area contributed by atoms with Gasteiger partial charge in [-0.05, 0) is 49.1 Å². The molecule has 3 N–H and O–H groups in total. The second-order valence-corrected chi connectivity index (χ2v) is 5.78. The summed E-state index contributed by atoms with van der Waals surface area (Å²) in [4.78, 5) is 8.43. The van der Waals surface area contributed by atoms with E-state index in [0.29, 0.717) is 12.1 Å². The first-order chi connectivity index (χ1) is 12.2. The number of nitrogens with zero attached hydrogens (tertiary/aromatic N) is 2. The number of guanidine groups is 1. The minimum Gasteiger partial charge on any atom is -0.370 e. The first-order valence-corrected chi connectivity index (χ1v) is 8.53. The van der Waals surface area contributed by atoms with Crippen molar-refractivity contribution in [3.8, 4) is 0 Å². The average molecular weight is 471 g/mol. The highest BCUT2D eigenvalue weighted by atomic mass is 127. The average Bonchev–Trinajstić information content (AvgIpc) is 2.64. The zero-order chi connectivity index (χ0) is 17.9. The Bertz CT molecular complexity index is 679. The van der Waals surface area contributed by atoms with E-state index in [4.69, 9.17) is 0 Å². The summed E-state index contributed by atoms with van der Waals surface area (Å²) >= 11 is 0. The van der Waals surface area contributed by atoms with Gasteiger partial charge in [0, 0.05) is 32.9 Å². The van der Waals surface area contributed by atoms with Gasteiger partial charge in [0.25, 0.3) is 0 Å². The molecule has 0 unspecified atom stereocenters. The lowest BCUT2D eigenvalue weighted by atomic mass is 10.1. The molecule has 7 heteroatoms. The van der Waals surface area contributed by atoms with E-state index in [0.717, 1.165) is 43.3 Å². The standard InChI is InChI=1S/C19H26FN5.HI/c1-15-13-16(8-9-17(15)20)14-25-19(21-2)24-12-6-5-11-23-18-7-3-4-10-22-18;/h3-4,7-10,13H,5-6,11-12,14H2,1-2H3,(H,22,23)(H2,21,24,25);1H. The molecule has 0 saturated carbocycles. The van der Waals surface area contributed by atoms with E-state index in [1.807, 2.05) is 24.3 Å². The minimum atomic E-state index is -0.175. The van der Waals surface area contributed by atoms with Crippen LogP contribution in [0.2, 0.25) is 0 Å². The van der Waals surface area contributed by atoms with Gasteiger partial charge >= 0.3 is 0 Å². The molecule has 1 aromatic heterocycles. The van der Waals surface area contributed by atoms with E-state index in [1.165, 1.54) is 6.07 Å². The zero-order valence-electron chi connectivity index (χ0n) is 15.3. The van der Waals surface area contributed by atoms with Crippen molar-refractivity contribution in [1.29, 1.82) is 0 Å². The third-order valence-electron chi connectivity index (χ3n) is 3.77. The lowest BCUT2D eigenvalue weighted by Gasteiger charge is -2.12. The molecule has 2 aromatic rings. The van der Waals surface area contributed by atoms with Gasteiger partial charge in [-0.2, -0.15) is 0 Å². The Kier molecular flexibility index (Phi) is 10.6. The van der Waals surface area contributed by atoms with Crippen LogP contribution in [0.25, 0.3) is 0 Å². The van der Waals surface area contributed by atoms with Gasteiger partial charge in [-0.15, -0.1) is 24.0 Å². The first-order valence-electron chi connectivity index (χ1n) is 8.53. The smallest absolute Gasteiger partial charge is 0.191 e. The van der Waals surface area contributed by atoms with Crippen LogP contribution in [0.4, 0.5) is 10.2 Å². The summed E-state index contributed by atoms with van der Waals surface area (Å²) in [7, 11) is 1.74. The number of unbranched alkanes of at least 4 members (excludes halogenated alkanes) is 1. The van der Waals surface area contributed by atoms with Gasteiger partial charge in [-0.1, -0.05) is 18.2 Å². The van der Waals surface area contributed by atoms with Crippen LogP contribution in [0, 0.1) is 12.7 Å². The van der Waals surface area contributed by atoms with Crippen LogP contribution in [-0.4, -0.2) is 31.1 Å². The Morgan fingerprint density at radius 2 is 1.92 bits per heavy atom. The number of anilines is 1. The lowest BCUT2D eigenvalue weighted by molar-refractivity contribution is 0.617. The minimum absolute atomic E-state index is 0. The Morgan fingerprint density at radius 3 is 2.62 bits per heavy atom. The van der Waals surface area contributed by atoms with E-state index in [2.05, 4.69) is 25.9 Å². The second kappa shape index (κ2) is 12.5. The zero-order valence-corrected chi connectivity index (χ0v) is 17.6. The number of rotatable bonds is 8.